The largest absolute Gasteiger partial charge is 0.376 e. The van der Waals surface area contributed by atoms with E-state index in [2.05, 4.69) is 5.32 Å². The molecule has 1 unspecified atom stereocenters. The Morgan fingerprint density at radius 1 is 1.05 bits per heavy atom. The summed E-state index contributed by atoms with van der Waals surface area (Å²) in [6.07, 6.45) is 0. The van der Waals surface area contributed by atoms with Gasteiger partial charge in [0.05, 0.1) is 11.3 Å². The Kier molecular flexibility index (Phi) is 3.99. The molecule has 0 aliphatic carbocycles. The molecule has 2 rings (SSSR count). The summed E-state index contributed by atoms with van der Waals surface area (Å²) in [4.78, 5) is 0. The molecule has 0 aromatic heterocycles. The molecule has 1 atom stereocenters. The van der Waals surface area contributed by atoms with Crippen molar-refractivity contribution in [3.63, 3.8) is 0 Å². The van der Waals surface area contributed by atoms with E-state index < -0.39 is 11.6 Å². The normalized spacial score (nSPS) is 11.8. The summed E-state index contributed by atoms with van der Waals surface area (Å²) in [7, 11) is 0. The van der Waals surface area contributed by atoms with Crippen molar-refractivity contribution < 1.29 is 8.78 Å². The summed E-state index contributed by atoms with van der Waals surface area (Å²) in [5, 5.41) is 11.6. The van der Waals surface area contributed by atoms with Gasteiger partial charge in [0.1, 0.15) is 6.07 Å². The quantitative estimate of drug-likeness (QED) is 0.903. The summed E-state index contributed by atoms with van der Waals surface area (Å²) in [6, 6.07) is 11.9. The molecule has 1 N–H and O–H groups in total. The maximum Gasteiger partial charge on any atom is 0.183 e. The van der Waals surface area contributed by atoms with Crippen LogP contribution >= 0.6 is 0 Å². The molecule has 0 aliphatic heterocycles. The van der Waals surface area contributed by atoms with Gasteiger partial charge in [0, 0.05) is 6.04 Å². The highest BCUT2D eigenvalue weighted by atomic mass is 19.2. The topological polar surface area (TPSA) is 35.8 Å². The van der Waals surface area contributed by atoms with E-state index in [9.17, 15) is 8.78 Å². The molecule has 0 spiro atoms. The van der Waals surface area contributed by atoms with Crippen molar-refractivity contribution in [2.24, 2.45) is 0 Å². The van der Waals surface area contributed by atoms with Gasteiger partial charge in [-0.1, -0.05) is 29.8 Å². The number of aryl methyl sites for hydroxylation is 1. The molecule has 0 saturated heterocycles. The minimum absolute atomic E-state index is 0.0505. The Morgan fingerprint density at radius 2 is 1.70 bits per heavy atom. The van der Waals surface area contributed by atoms with Crippen molar-refractivity contribution in [3.05, 3.63) is 64.7 Å². The van der Waals surface area contributed by atoms with Gasteiger partial charge in [0.2, 0.25) is 0 Å². The van der Waals surface area contributed by atoms with Gasteiger partial charge >= 0.3 is 0 Å². The van der Waals surface area contributed by atoms with E-state index in [0.29, 0.717) is 0 Å². The van der Waals surface area contributed by atoms with E-state index in [0.717, 1.165) is 11.1 Å². The Bertz CT molecular complexity index is 657. The maximum atomic E-state index is 13.8. The second-order valence-corrected chi connectivity index (χ2v) is 4.68. The van der Waals surface area contributed by atoms with Crippen LogP contribution in [0.15, 0.2) is 36.4 Å². The van der Waals surface area contributed by atoms with Crippen LogP contribution in [0.1, 0.15) is 29.7 Å². The third-order valence-corrected chi connectivity index (χ3v) is 3.15. The lowest BCUT2D eigenvalue weighted by molar-refractivity contribution is 0.507. The van der Waals surface area contributed by atoms with Gasteiger partial charge in [-0.15, -0.1) is 0 Å². The van der Waals surface area contributed by atoms with Crippen molar-refractivity contribution in [1.82, 2.24) is 0 Å². The van der Waals surface area contributed by atoms with Crippen molar-refractivity contribution >= 4 is 5.69 Å². The summed E-state index contributed by atoms with van der Waals surface area (Å²) in [5.74, 6) is -2.14. The first-order valence-electron chi connectivity index (χ1n) is 6.24. The van der Waals surface area contributed by atoms with Gasteiger partial charge in [0.15, 0.2) is 11.6 Å². The zero-order chi connectivity index (χ0) is 14.7. The predicted molar refractivity (Wildman–Crippen MR) is 74.3 cm³/mol. The predicted octanol–water partition coefficient (Wildman–Crippen LogP) is 4.32. The molecule has 20 heavy (non-hydrogen) atoms. The molecule has 4 heteroatoms. The average Bonchev–Trinajstić information content (AvgIpc) is 2.45. The third-order valence-electron chi connectivity index (χ3n) is 3.15. The molecule has 0 fully saturated rings. The Balaban J connectivity index is 2.24. The molecule has 2 nitrogen and oxygen atoms in total. The third kappa shape index (κ3) is 2.77. The minimum atomic E-state index is -1.12. The van der Waals surface area contributed by atoms with Gasteiger partial charge in [-0.2, -0.15) is 5.26 Å². The number of rotatable bonds is 3. The van der Waals surface area contributed by atoms with Crippen molar-refractivity contribution in [3.8, 4) is 6.07 Å². The van der Waals surface area contributed by atoms with E-state index in [1.807, 2.05) is 38.1 Å². The first kappa shape index (κ1) is 14.0. The van der Waals surface area contributed by atoms with Crippen LogP contribution in [0.5, 0.6) is 0 Å². The van der Waals surface area contributed by atoms with E-state index in [1.54, 1.807) is 6.07 Å². The van der Waals surface area contributed by atoms with E-state index >= 15 is 0 Å². The second-order valence-electron chi connectivity index (χ2n) is 4.68. The standard InChI is InChI=1S/C16H14F2N2/c1-10-3-5-12(6-4-10)11(2)20-14-8-7-13(9-19)15(17)16(14)18/h3-8,11,20H,1-2H3. The highest BCUT2D eigenvalue weighted by Crippen LogP contribution is 2.25. The molecular formula is C16H14F2N2. The molecule has 0 heterocycles. The summed E-state index contributed by atoms with van der Waals surface area (Å²) >= 11 is 0. The number of halogens is 2. The molecular weight excluding hydrogens is 258 g/mol. The van der Waals surface area contributed by atoms with Crippen LogP contribution in [0.3, 0.4) is 0 Å². The highest BCUT2D eigenvalue weighted by Gasteiger charge is 2.15. The first-order valence-corrected chi connectivity index (χ1v) is 6.24. The summed E-state index contributed by atoms with van der Waals surface area (Å²) < 4.78 is 27.3. The smallest absolute Gasteiger partial charge is 0.183 e. The van der Waals surface area contributed by atoms with E-state index in [-0.39, 0.29) is 17.3 Å². The fourth-order valence-electron chi connectivity index (χ4n) is 1.92. The van der Waals surface area contributed by atoms with Crippen LogP contribution in [-0.2, 0) is 0 Å². The second kappa shape index (κ2) is 5.70. The number of nitrogens with zero attached hydrogens (tertiary/aromatic N) is 1. The number of nitrogens with one attached hydrogen (secondary N) is 1. The van der Waals surface area contributed by atoms with Crippen LogP contribution in [0.4, 0.5) is 14.5 Å². The van der Waals surface area contributed by atoms with Gasteiger partial charge < -0.3 is 5.32 Å². The fourth-order valence-corrected chi connectivity index (χ4v) is 1.92. The number of hydrogen-bond acceptors (Lipinski definition) is 2. The van der Waals surface area contributed by atoms with E-state index in [4.69, 9.17) is 5.26 Å². The maximum absolute atomic E-state index is 13.8. The van der Waals surface area contributed by atoms with Crippen LogP contribution in [0.25, 0.3) is 0 Å². The SMILES string of the molecule is Cc1ccc(C(C)Nc2ccc(C#N)c(F)c2F)cc1. The lowest BCUT2D eigenvalue weighted by Gasteiger charge is -2.17. The molecule has 102 valence electrons. The fraction of sp³-hybridized carbons (Fsp3) is 0.188. The van der Waals surface area contributed by atoms with Gasteiger partial charge in [0.25, 0.3) is 0 Å². The van der Waals surface area contributed by atoms with Gasteiger partial charge in [-0.05, 0) is 31.5 Å². The zero-order valence-corrected chi connectivity index (χ0v) is 11.2. The number of nitriles is 1. The number of benzene rings is 2. The molecule has 2 aromatic carbocycles. The number of hydrogen-bond donors (Lipinski definition) is 1. The van der Waals surface area contributed by atoms with E-state index in [1.165, 1.54) is 12.1 Å². The molecule has 0 radical (unpaired) electrons. The molecule has 0 bridgehead atoms. The summed E-state index contributed by atoms with van der Waals surface area (Å²) in [5.41, 5.74) is 1.86. The number of anilines is 1. The monoisotopic (exact) mass is 272 g/mol. The first-order chi connectivity index (χ1) is 9.52. The molecule has 0 amide bonds. The van der Waals surface area contributed by atoms with Crippen LogP contribution in [0.2, 0.25) is 0 Å². The van der Waals surface area contributed by atoms with Crippen molar-refractivity contribution in [2.75, 3.05) is 5.32 Å². The Morgan fingerprint density at radius 3 is 2.30 bits per heavy atom. The van der Waals surface area contributed by atoms with Gasteiger partial charge in [-0.3, -0.25) is 0 Å². The zero-order valence-electron chi connectivity index (χ0n) is 11.2. The highest BCUT2D eigenvalue weighted by molar-refractivity contribution is 5.51. The Hall–Kier alpha value is -2.41. The average molecular weight is 272 g/mol. The van der Waals surface area contributed by atoms with Crippen LogP contribution < -0.4 is 5.32 Å². The lowest BCUT2D eigenvalue weighted by atomic mass is 10.1. The molecule has 0 aliphatic rings. The minimum Gasteiger partial charge on any atom is -0.376 e. The lowest BCUT2D eigenvalue weighted by Crippen LogP contribution is -2.09. The van der Waals surface area contributed by atoms with Crippen molar-refractivity contribution in [1.29, 1.82) is 5.26 Å². The van der Waals surface area contributed by atoms with Gasteiger partial charge in [-0.25, -0.2) is 8.78 Å². The van der Waals surface area contributed by atoms with Crippen LogP contribution in [0, 0.1) is 29.9 Å². The Labute approximate surface area is 116 Å². The molecule has 2 aromatic rings. The molecule has 0 saturated carbocycles. The van der Waals surface area contributed by atoms with Crippen LogP contribution in [-0.4, -0.2) is 0 Å². The summed E-state index contributed by atoms with van der Waals surface area (Å²) in [6.45, 7) is 3.84. The van der Waals surface area contributed by atoms with Crippen molar-refractivity contribution in [2.45, 2.75) is 19.9 Å².